The average molecular weight is 442 g/mol. The van der Waals surface area contributed by atoms with Crippen molar-refractivity contribution < 1.29 is 14.9 Å². The van der Waals surface area contributed by atoms with Gasteiger partial charge in [-0.15, -0.1) is 0 Å². The Morgan fingerprint density at radius 1 is 1.25 bits per heavy atom. The molecule has 1 aromatic carbocycles. The van der Waals surface area contributed by atoms with Gasteiger partial charge in [-0.1, -0.05) is 53.6 Å². The van der Waals surface area contributed by atoms with E-state index in [0.29, 0.717) is 18.3 Å². The molecule has 178 valence electrons. The number of nitrogens with zero attached hydrogens (tertiary/aromatic N) is 1. The number of allylic oxidation sites excluding steroid dienone is 1. The second-order valence-electron chi connectivity index (χ2n) is 10.8. The van der Waals surface area contributed by atoms with E-state index in [4.69, 9.17) is 4.74 Å². The first-order valence-corrected chi connectivity index (χ1v) is 12.2. The highest BCUT2D eigenvalue weighted by Crippen LogP contribution is 2.47. The Balaban J connectivity index is 1.43. The average Bonchev–Trinajstić information content (AvgIpc) is 3.21. The molecule has 1 saturated carbocycles. The lowest BCUT2D eigenvalue weighted by atomic mass is 9.88. The van der Waals surface area contributed by atoms with Crippen molar-refractivity contribution in [1.82, 2.24) is 4.90 Å². The third-order valence-corrected chi connectivity index (χ3v) is 7.32. The van der Waals surface area contributed by atoms with Gasteiger partial charge in [-0.25, -0.2) is 0 Å². The lowest BCUT2D eigenvalue weighted by Crippen LogP contribution is -2.40. The van der Waals surface area contributed by atoms with Crippen LogP contribution < -0.4 is 0 Å². The van der Waals surface area contributed by atoms with Gasteiger partial charge in [0.25, 0.3) is 0 Å². The Labute approximate surface area is 195 Å². The van der Waals surface area contributed by atoms with Crippen molar-refractivity contribution in [3.05, 3.63) is 59.2 Å². The zero-order valence-electron chi connectivity index (χ0n) is 20.6. The number of fused-ring (bicyclic) bond motifs is 1. The maximum atomic E-state index is 10.6. The van der Waals surface area contributed by atoms with Gasteiger partial charge in [0.05, 0.1) is 25.4 Å². The molecule has 0 spiro atoms. The van der Waals surface area contributed by atoms with Crippen LogP contribution in [0.15, 0.2) is 48.1 Å². The quantitative estimate of drug-likeness (QED) is 0.414. The Morgan fingerprint density at radius 2 is 2.03 bits per heavy atom. The van der Waals surface area contributed by atoms with Crippen LogP contribution in [0.2, 0.25) is 0 Å². The number of hydrogen-bond donors (Lipinski definition) is 2. The predicted molar refractivity (Wildman–Crippen MR) is 132 cm³/mol. The fourth-order valence-electron chi connectivity index (χ4n) is 5.04. The van der Waals surface area contributed by atoms with Crippen molar-refractivity contribution in [3.8, 4) is 0 Å². The van der Waals surface area contributed by atoms with Gasteiger partial charge in [0.2, 0.25) is 0 Å². The first kappa shape index (κ1) is 25.2. The maximum Gasteiger partial charge on any atom is 0.0761 e. The van der Waals surface area contributed by atoms with Gasteiger partial charge in [0.15, 0.2) is 0 Å². The van der Waals surface area contributed by atoms with Crippen LogP contribution in [-0.4, -0.2) is 59.7 Å². The lowest BCUT2D eigenvalue weighted by Gasteiger charge is -2.31. The highest BCUT2D eigenvalue weighted by molar-refractivity contribution is 5.24. The maximum absolute atomic E-state index is 10.6. The molecule has 0 aliphatic heterocycles. The molecule has 1 aromatic rings. The molecule has 0 aromatic heterocycles. The second kappa shape index (κ2) is 11.1. The number of ether oxygens (including phenoxy) is 1. The van der Waals surface area contributed by atoms with Crippen molar-refractivity contribution in [3.63, 3.8) is 0 Å². The van der Waals surface area contributed by atoms with Gasteiger partial charge in [0.1, 0.15) is 0 Å². The van der Waals surface area contributed by atoms with Gasteiger partial charge in [-0.3, -0.25) is 4.90 Å². The van der Waals surface area contributed by atoms with Crippen molar-refractivity contribution in [2.75, 3.05) is 26.8 Å². The van der Waals surface area contributed by atoms with E-state index in [1.165, 1.54) is 11.1 Å². The van der Waals surface area contributed by atoms with Crippen LogP contribution in [0.5, 0.6) is 0 Å². The van der Waals surface area contributed by atoms with Gasteiger partial charge in [0, 0.05) is 24.4 Å². The molecule has 0 amide bonds. The minimum atomic E-state index is -0.517. The van der Waals surface area contributed by atoms with Gasteiger partial charge in [-0.05, 0) is 71.4 Å². The van der Waals surface area contributed by atoms with Crippen molar-refractivity contribution >= 4 is 0 Å². The number of rotatable bonds is 10. The molecule has 0 heterocycles. The minimum absolute atomic E-state index is 0.127. The fraction of sp³-hybridized carbons (Fsp3) is 0.643. The molecule has 0 bridgehead atoms. The van der Waals surface area contributed by atoms with E-state index in [-0.39, 0.29) is 17.6 Å². The summed E-state index contributed by atoms with van der Waals surface area (Å²) in [5.74, 6) is 1.03. The Kier molecular flexibility index (Phi) is 8.74. The van der Waals surface area contributed by atoms with Gasteiger partial charge >= 0.3 is 0 Å². The lowest BCUT2D eigenvalue weighted by molar-refractivity contribution is 0.0820. The molecule has 0 radical (unpaired) electrons. The molecule has 2 aliphatic carbocycles. The summed E-state index contributed by atoms with van der Waals surface area (Å²) in [6, 6.07) is 8.28. The third kappa shape index (κ3) is 7.02. The van der Waals surface area contributed by atoms with Crippen molar-refractivity contribution in [2.45, 2.75) is 71.1 Å². The van der Waals surface area contributed by atoms with Gasteiger partial charge in [-0.2, -0.15) is 0 Å². The van der Waals surface area contributed by atoms with Crippen LogP contribution in [-0.2, 0) is 11.2 Å². The normalized spacial score (nSPS) is 26.7. The number of aliphatic hydroxyl groups excluding tert-OH is 2. The smallest absolute Gasteiger partial charge is 0.0761 e. The number of hydrogen-bond acceptors (Lipinski definition) is 4. The summed E-state index contributed by atoms with van der Waals surface area (Å²) < 4.78 is 5.90. The molecule has 0 unspecified atom stereocenters. The minimum Gasteiger partial charge on any atom is -0.392 e. The van der Waals surface area contributed by atoms with E-state index in [1.54, 1.807) is 0 Å². The summed E-state index contributed by atoms with van der Waals surface area (Å²) in [7, 11) is 2.14. The molecule has 2 aliphatic rings. The Bertz CT molecular complexity index is 794. The SMILES string of the molecule is Cc1cccc(C[C@@H](O)/C=C/[C@@H]2[C@H]3CC(CCOCCN(C)C(C)(C)C)=C[C@H]3C[C@H]2O)c1. The summed E-state index contributed by atoms with van der Waals surface area (Å²) in [5, 5.41) is 21.1. The first-order chi connectivity index (χ1) is 15.1. The molecule has 4 nitrogen and oxygen atoms in total. The summed E-state index contributed by atoms with van der Waals surface area (Å²) in [4.78, 5) is 2.32. The monoisotopic (exact) mass is 441 g/mol. The number of aryl methyl sites for hydroxylation is 1. The molecule has 5 atom stereocenters. The zero-order chi connectivity index (χ0) is 23.3. The van der Waals surface area contributed by atoms with E-state index >= 15 is 0 Å². The third-order valence-electron chi connectivity index (χ3n) is 7.32. The number of likely N-dealkylation sites (N-methyl/N-ethyl adjacent to an activating group) is 1. The predicted octanol–water partition coefficient (Wildman–Crippen LogP) is 4.53. The molecule has 1 fully saturated rings. The molecule has 2 N–H and O–H groups in total. The van der Waals surface area contributed by atoms with Crippen LogP contribution in [0.3, 0.4) is 0 Å². The molecule has 3 rings (SSSR count). The zero-order valence-corrected chi connectivity index (χ0v) is 20.6. The molecule has 4 heteroatoms. The van der Waals surface area contributed by atoms with E-state index in [0.717, 1.165) is 44.6 Å². The Hall–Kier alpha value is -1.46. The van der Waals surface area contributed by atoms with Crippen molar-refractivity contribution in [1.29, 1.82) is 0 Å². The molecular formula is C28H43NO3. The summed E-state index contributed by atoms with van der Waals surface area (Å²) >= 11 is 0. The molecule has 32 heavy (non-hydrogen) atoms. The first-order valence-electron chi connectivity index (χ1n) is 12.2. The van der Waals surface area contributed by atoms with E-state index in [1.807, 2.05) is 12.1 Å². The van der Waals surface area contributed by atoms with E-state index < -0.39 is 6.10 Å². The summed E-state index contributed by atoms with van der Waals surface area (Å²) in [6.45, 7) is 11.2. The van der Waals surface area contributed by atoms with E-state index in [2.05, 4.69) is 70.0 Å². The van der Waals surface area contributed by atoms with Crippen LogP contribution in [0.1, 0.15) is 51.2 Å². The van der Waals surface area contributed by atoms with Crippen LogP contribution in [0, 0.1) is 24.7 Å². The number of aliphatic hydroxyl groups is 2. The van der Waals surface area contributed by atoms with Crippen molar-refractivity contribution in [2.24, 2.45) is 17.8 Å². The summed E-state index contributed by atoms with van der Waals surface area (Å²) in [6.07, 6.45) is 8.98. The Morgan fingerprint density at radius 3 is 2.75 bits per heavy atom. The molecular weight excluding hydrogens is 398 g/mol. The second-order valence-corrected chi connectivity index (χ2v) is 10.8. The standard InChI is InChI=1S/C28H43NO3/c1-20-7-6-8-21(15-20)17-24(30)9-10-25-26-18-22(16-23(26)19-27(25)31)11-13-32-14-12-29(5)28(2,3)4/h6-10,15-16,23-27,30-31H,11-14,17-19H2,1-5H3/b10-9+/t23-,24-,25+,26-,27+/m0/s1. The van der Waals surface area contributed by atoms with Crippen LogP contribution >= 0.6 is 0 Å². The number of benzene rings is 1. The van der Waals surface area contributed by atoms with Gasteiger partial charge < -0.3 is 14.9 Å². The molecule has 0 saturated heterocycles. The topological polar surface area (TPSA) is 52.9 Å². The highest BCUT2D eigenvalue weighted by atomic mass is 16.5. The van der Waals surface area contributed by atoms with E-state index in [9.17, 15) is 10.2 Å². The fourth-order valence-corrected chi connectivity index (χ4v) is 5.04. The largest absolute Gasteiger partial charge is 0.392 e. The van der Waals surface area contributed by atoms with Crippen LogP contribution in [0.25, 0.3) is 0 Å². The summed E-state index contributed by atoms with van der Waals surface area (Å²) in [5.41, 5.74) is 3.99. The highest BCUT2D eigenvalue weighted by Gasteiger charge is 2.43. The van der Waals surface area contributed by atoms with Crippen LogP contribution in [0.4, 0.5) is 0 Å².